The molecule has 1 aromatic rings. The Morgan fingerprint density at radius 3 is 2.75 bits per heavy atom. The number of nitrogens with one attached hydrogen (secondary N) is 1. The summed E-state index contributed by atoms with van der Waals surface area (Å²) in [5.74, 6) is 0.749. The van der Waals surface area contributed by atoms with Crippen LogP contribution in [0, 0.1) is 5.92 Å². The van der Waals surface area contributed by atoms with Gasteiger partial charge < -0.3 is 4.98 Å². The van der Waals surface area contributed by atoms with Crippen LogP contribution in [0.3, 0.4) is 0 Å². The predicted octanol–water partition coefficient (Wildman–Crippen LogP) is 3.17. The number of aromatic amines is 1. The number of hydrogen-bond donors (Lipinski definition) is 1. The van der Waals surface area contributed by atoms with Crippen molar-refractivity contribution in [1.82, 2.24) is 4.98 Å². The molecule has 0 aromatic carbocycles. The number of aryl methyl sites for hydroxylation is 1. The quantitative estimate of drug-likeness (QED) is 0.705. The van der Waals surface area contributed by atoms with Crippen molar-refractivity contribution in [3.05, 3.63) is 23.5 Å². The molecule has 0 aliphatic heterocycles. The smallest absolute Gasteiger partial charge is 0.0182 e. The van der Waals surface area contributed by atoms with E-state index in [0.717, 1.165) is 5.92 Å². The summed E-state index contributed by atoms with van der Waals surface area (Å²) in [6.07, 6.45) is 5.69. The molecule has 0 bridgehead atoms. The summed E-state index contributed by atoms with van der Waals surface area (Å²) in [4.78, 5) is 3.32. The standard InChI is InChI=1S/C11H19N/c1-4-5-10-6-7-12-11(10)8-9(2)3/h6-7,9,12H,4-5,8H2,1-3H3. The number of rotatable bonds is 4. The van der Waals surface area contributed by atoms with E-state index in [1.807, 2.05) is 0 Å². The Balaban J connectivity index is 2.63. The summed E-state index contributed by atoms with van der Waals surface area (Å²) in [5.41, 5.74) is 2.94. The van der Waals surface area contributed by atoms with Crippen molar-refractivity contribution in [3.63, 3.8) is 0 Å². The van der Waals surface area contributed by atoms with Crippen molar-refractivity contribution in [2.24, 2.45) is 5.92 Å². The third-order valence-electron chi connectivity index (χ3n) is 2.06. The van der Waals surface area contributed by atoms with Crippen LogP contribution >= 0.6 is 0 Å². The zero-order valence-corrected chi connectivity index (χ0v) is 8.35. The highest BCUT2D eigenvalue weighted by Gasteiger charge is 2.04. The van der Waals surface area contributed by atoms with Crippen LogP contribution < -0.4 is 0 Å². The van der Waals surface area contributed by atoms with Crippen molar-refractivity contribution in [2.45, 2.75) is 40.0 Å². The summed E-state index contributed by atoms with van der Waals surface area (Å²) >= 11 is 0. The summed E-state index contributed by atoms with van der Waals surface area (Å²) < 4.78 is 0. The van der Waals surface area contributed by atoms with Crippen molar-refractivity contribution < 1.29 is 0 Å². The first-order valence-electron chi connectivity index (χ1n) is 4.89. The van der Waals surface area contributed by atoms with Crippen LogP contribution in [0.1, 0.15) is 38.4 Å². The van der Waals surface area contributed by atoms with Crippen molar-refractivity contribution in [1.29, 1.82) is 0 Å². The molecule has 68 valence electrons. The maximum atomic E-state index is 3.32. The maximum absolute atomic E-state index is 3.32. The molecule has 0 aliphatic rings. The molecule has 0 atom stereocenters. The Morgan fingerprint density at radius 2 is 2.17 bits per heavy atom. The number of aromatic nitrogens is 1. The Bertz CT molecular complexity index is 223. The first-order valence-corrected chi connectivity index (χ1v) is 4.89. The molecule has 0 unspecified atom stereocenters. The highest BCUT2D eigenvalue weighted by atomic mass is 14.7. The second-order valence-electron chi connectivity index (χ2n) is 3.83. The zero-order valence-electron chi connectivity index (χ0n) is 8.35. The van der Waals surface area contributed by atoms with E-state index < -0.39 is 0 Å². The van der Waals surface area contributed by atoms with Gasteiger partial charge in [-0.25, -0.2) is 0 Å². The molecule has 1 heterocycles. The van der Waals surface area contributed by atoms with E-state index >= 15 is 0 Å². The minimum absolute atomic E-state index is 0.749. The summed E-state index contributed by atoms with van der Waals surface area (Å²) in [6.45, 7) is 6.75. The molecule has 1 nitrogen and oxygen atoms in total. The zero-order chi connectivity index (χ0) is 8.97. The number of hydrogen-bond acceptors (Lipinski definition) is 0. The van der Waals surface area contributed by atoms with Gasteiger partial charge in [0.2, 0.25) is 0 Å². The van der Waals surface area contributed by atoms with E-state index in [-0.39, 0.29) is 0 Å². The van der Waals surface area contributed by atoms with E-state index in [1.54, 1.807) is 0 Å². The van der Waals surface area contributed by atoms with Gasteiger partial charge in [0.05, 0.1) is 0 Å². The molecule has 0 radical (unpaired) electrons. The van der Waals surface area contributed by atoms with Crippen LogP contribution in [-0.2, 0) is 12.8 Å². The topological polar surface area (TPSA) is 15.8 Å². The highest BCUT2D eigenvalue weighted by molar-refractivity contribution is 5.20. The highest BCUT2D eigenvalue weighted by Crippen LogP contribution is 2.13. The molecule has 12 heavy (non-hydrogen) atoms. The molecular formula is C11H19N. The van der Waals surface area contributed by atoms with Gasteiger partial charge in [0.15, 0.2) is 0 Å². The molecule has 0 fully saturated rings. The monoisotopic (exact) mass is 165 g/mol. The van der Waals surface area contributed by atoms with Crippen LogP contribution in [0.15, 0.2) is 12.3 Å². The second kappa shape index (κ2) is 4.34. The first kappa shape index (κ1) is 9.37. The van der Waals surface area contributed by atoms with E-state index in [9.17, 15) is 0 Å². The minimum atomic E-state index is 0.749. The Morgan fingerprint density at radius 1 is 1.42 bits per heavy atom. The van der Waals surface area contributed by atoms with E-state index in [1.165, 1.54) is 30.5 Å². The van der Waals surface area contributed by atoms with Crippen molar-refractivity contribution >= 4 is 0 Å². The lowest BCUT2D eigenvalue weighted by molar-refractivity contribution is 0.632. The molecule has 0 spiro atoms. The van der Waals surface area contributed by atoms with Crippen LogP contribution in [0.25, 0.3) is 0 Å². The fourth-order valence-electron chi connectivity index (χ4n) is 1.54. The van der Waals surface area contributed by atoms with Crippen LogP contribution in [0.4, 0.5) is 0 Å². The third-order valence-corrected chi connectivity index (χ3v) is 2.06. The van der Waals surface area contributed by atoms with E-state index in [2.05, 4.69) is 38.0 Å². The van der Waals surface area contributed by atoms with Crippen LogP contribution in [0.5, 0.6) is 0 Å². The molecule has 0 saturated heterocycles. The largest absolute Gasteiger partial charge is 0.365 e. The van der Waals surface area contributed by atoms with E-state index in [0.29, 0.717) is 0 Å². The maximum Gasteiger partial charge on any atom is 0.0182 e. The fraction of sp³-hybridized carbons (Fsp3) is 0.636. The van der Waals surface area contributed by atoms with Gasteiger partial charge in [-0.15, -0.1) is 0 Å². The van der Waals surface area contributed by atoms with Crippen LogP contribution in [-0.4, -0.2) is 4.98 Å². The third kappa shape index (κ3) is 2.40. The molecule has 1 rings (SSSR count). The SMILES string of the molecule is CCCc1cc[nH]c1CC(C)C. The Hall–Kier alpha value is -0.720. The predicted molar refractivity (Wildman–Crippen MR) is 53.3 cm³/mol. The normalized spacial score (nSPS) is 11.0. The minimum Gasteiger partial charge on any atom is -0.365 e. The van der Waals surface area contributed by atoms with Gasteiger partial charge in [0.1, 0.15) is 0 Å². The molecule has 0 aliphatic carbocycles. The van der Waals surface area contributed by atoms with Crippen LogP contribution in [0.2, 0.25) is 0 Å². The van der Waals surface area contributed by atoms with Gasteiger partial charge in [-0.2, -0.15) is 0 Å². The Labute approximate surface area is 75.2 Å². The van der Waals surface area contributed by atoms with Gasteiger partial charge in [-0.1, -0.05) is 27.2 Å². The van der Waals surface area contributed by atoms with Crippen molar-refractivity contribution in [2.75, 3.05) is 0 Å². The van der Waals surface area contributed by atoms with Crippen molar-refractivity contribution in [3.8, 4) is 0 Å². The molecule has 0 amide bonds. The summed E-state index contributed by atoms with van der Waals surface area (Å²) in [6, 6.07) is 2.21. The van der Waals surface area contributed by atoms with Gasteiger partial charge in [0, 0.05) is 11.9 Å². The lowest BCUT2D eigenvalue weighted by Gasteiger charge is -2.05. The van der Waals surface area contributed by atoms with Gasteiger partial charge in [0.25, 0.3) is 0 Å². The average molecular weight is 165 g/mol. The molecular weight excluding hydrogens is 146 g/mol. The lowest BCUT2D eigenvalue weighted by Crippen LogP contribution is -1.97. The molecule has 1 aromatic heterocycles. The molecule has 0 saturated carbocycles. The lowest BCUT2D eigenvalue weighted by atomic mass is 10.0. The van der Waals surface area contributed by atoms with Gasteiger partial charge in [-0.3, -0.25) is 0 Å². The molecule has 1 heteroatoms. The second-order valence-corrected chi connectivity index (χ2v) is 3.83. The molecule has 1 N–H and O–H groups in total. The number of H-pyrrole nitrogens is 1. The van der Waals surface area contributed by atoms with E-state index in [4.69, 9.17) is 0 Å². The van der Waals surface area contributed by atoms with Gasteiger partial charge in [-0.05, 0) is 30.4 Å². The fourth-order valence-corrected chi connectivity index (χ4v) is 1.54. The van der Waals surface area contributed by atoms with Gasteiger partial charge >= 0.3 is 0 Å². The average Bonchev–Trinajstić information content (AvgIpc) is 2.37. The first-order chi connectivity index (χ1) is 5.74. The summed E-state index contributed by atoms with van der Waals surface area (Å²) in [5, 5.41) is 0. The Kier molecular flexibility index (Phi) is 3.39. The summed E-state index contributed by atoms with van der Waals surface area (Å²) in [7, 11) is 0.